The molecule has 1 aromatic rings. The van der Waals surface area contributed by atoms with Gasteiger partial charge < -0.3 is 15.0 Å². The van der Waals surface area contributed by atoms with E-state index in [1.165, 1.54) is 36.0 Å². The maximum atomic E-state index is 13.0. The molecule has 1 aliphatic carbocycles. The number of anilines is 1. The number of ether oxygens (including phenoxy) is 1. The summed E-state index contributed by atoms with van der Waals surface area (Å²) in [5.74, 6) is 0.0516. The molecule has 0 bridgehead atoms. The molecule has 2 aliphatic rings. The van der Waals surface area contributed by atoms with E-state index in [1.807, 2.05) is 0 Å². The van der Waals surface area contributed by atoms with Crippen molar-refractivity contribution in [1.29, 1.82) is 0 Å². The Hall–Kier alpha value is -2.28. The van der Waals surface area contributed by atoms with Crippen LogP contribution in [0.4, 0.5) is 11.4 Å². The van der Waals surface area contributed by atoms with Crippen molar-refractivity contribution in [2.45, 2.75) is 44.6 Å². The van der Waals surface area contributed by atoms with Crippen molar-refractivity contribution in [3.63, 3.8) is 0 Å². The van der Waals surface area contributed by atoms with Crippen LogP contribution in [0.5, 0.6) is 5.75 Å². The number of rotatable bonds is 9. The van der Waals surface area contributed by atoms with Crippen LogP contribution < -0.4 is 10.1 Å². The minimum absolute atomic E-state index is 0.0799. The maximum Gasteiger partial charge on any atom is 0.282 e. The molecule has 0 aromatic heterocycles. The molecule has 33 heavy (non-hydrogen) atoms. The van der Waals surface area contributed by atoms with Crippen LogP contribution in [0.3, 0.4) is 0 Å². The Morgan fingerprint density at radius 3 is 2.48 bits per heavy atom. The number of nitro benzene ring substituents is 1. The summed E-state index contributed by atoms with van der Waals surface area (Å²) >= 11 is 0. The third-order valence-electron chi connectivity index (χ3n) is 6.43. The Morgan fingerprint density at radius 2 is 1.88 bits per heavy atom. The van der Waals surface area contributed by atoms with Gasteiger partial charge in [0.2, 0.25) is 5.91 Å². The van der Waals surface area contributed by atoms with Gasteiger partial charge in [0.25, 0.3) is 15.9 Å². The van der Waals surface area contributed by atoms with Crippen LogP contribution in [-0.4, -0.2) is 85.7 Å². The normalized spacial score (nSPS) is 18.9. The van der Waals surface area contributed by atoms with Gasteiger partial charge >= 0.3 is 0 Å². The Morgan fingerprint density at radius 1 is 1.21 bits per heavy atom. The van der Waals surface area contributed by atoms with Crippen LogP contribution in [0.1, 0.15) is 38.5 Å². The summed E-state index contributed by atoms with van der Waals surface area (Å²) < 4.78 is 34.3. The summed E-state index contributed by atoms with van der Waals surface area (Å²) in [7, 11) is -0.373. The molecule has 0 atom stereocenters. The van der Waals surface area contributed by atoms with Crippen LogP contribution >= 0.6 is 0 Å². The fraction of sp³-hybridized carbons (Fsp3) is 0.667. The zero-order chi connectivity index (χ0) is 24.0. The monoisotopic (exact) mass is 483 g/mol. The van der Waals surface area contributed by atoms with Gasteiger partial charge in [-0.2, -0.15) is 17.0 Å². The summed E-state index contributed by atoms with van der Waals surface area (Å²) in [4.78, 5) is 24.9. The van der Waals surface area contributed by atoms with Crippen molar-refractivity contribution in [2.75, 3.05) is 52.2 Å². The number of hydrogen-bond acceptors (Lipinski definition) is 7. The van der Waals surface area contributed by atoms with Gasteiger partial charge in [0.1, 0.15) is 5.75 Å². The smallest absolute Gasteiger partial charge is 0.282 e. The molecule has 184 valence electrons. The lowest BCUT2D eigenvalue weighted by molar-refractivity contribution is -0.384. The third kappa shape index (κ3) is 6.40. The Bertz CT molecular complexity index is 942. The van der Waals surface area contributed by atoms with E-state index >= 15 is 0 Å². The SMILES string of the molecule is COc1ccc([N+](=O)[O-])cc1NC(=O)CCN1CCN(S(=O)(=O)N(C)C2CCCCC2)CC1. The van der Waals surface area contributed by atoms with Gasteiger partial charge in [-0.05, 0) is 18.9 Å². The fourth-order valence-corrected chi connectivity index (χ4v) is 5.96. The molecule has 1 N–H and O–H groups in total. The lowest BCUT2D eigenvalue weighted by Gasteiger charge is -2.38. The van der Waals surface area contributed by atoms with E-state index in [0.29, 0.717) is 38.5 Å². The summed E-state index contributed by atoms with van der Waals surface area (Å²) in [6.45, 7) is 2.34. The highest BCUT2D eigenvalue weighted by molar-refractivity contribution is 7.86. The summed E-state index contributed by atoms with van der Waals surface area (Å²) in [5.41, 5.74) is 0.111. The van der Waals surface area contributed by atoms with Crippen LogP contribution in [0.25, 0.3) is 0 Å². The summed E-state index contributed by atoms with van der Waals surface area (Å²) in [5, 5.41) is 13.7. The lowest BCUT2D eigenvalue weighted by atomic mass is 9.96. The highest BCUT2D eigenvalue weighted by atomic mass is 32.2. The Kier molecular flexibility index (Phi) is 8.63. The summed E-state index contributed by atoms with van der Waals surface area (Å²) in [6.07, 6.45) is 5.33. The van der Waals surface area contributed by atoms with Gasteiger partial charge in [0, 0.05) is 64.4 Å². The van der Waals surface area contributed by atoms with Crippen LogP contribution in [0.15, 0.2) is 18.2 Å². The van der Waals surface area contributed by atoms with E-state index in [9.17, 15) is 23.3 Å². The number of hydrogen-bond donors (Lipinski definition) is 1. The van der Waals surface area contributed by atoms with E-state index in [4.69, 9.17) is 4.74 Å². The molecule has 1 saturated heterocycles. The number of nitrogens with one attached hydrogen (secondary N) is 1. The molecular formula is C21H33N5O6S. The second-order valence-corrected chi connectivity index (χ2v) is 10.5. The predicted molar refractivity (Wildman–Crippen MR) is 124 cm³/mol. The number of nitrogens with zero attached hydrogens (tertiary/aromatic N) is 4. The largest absolute Gasteiger partial charge is 0.495 e. The molecule has 1 saturated carbocycles. The number of piperazine rings is 1. The predicted octanol–water partition coefficient (Wildman–Crippen LogP) is 2.06. The lowest BCUT2D eigenvalue weighted by Crippen LogP contribution is -2.54. The van der Waals surface area contributed by atoms with Gasteiger partial charge in [-0.15, -0.1) is 0 Å². The molecule has 1 aliphatic heterocycles. The van der Waals surface area contributed by atoms with E-state index < -0.39 is 15.1 Å². The minimum atomic E-state index is -3.48. The second-order valence-electron chi connectivity index (χ2n) is 8.50. The molecule has 1 amide bonds. The van der Waals surface area contributed by atoms with E-state index in [2.05, 4.69) is 10.2 Å². The number of non-ortho nitro benzene ring substituents is 1. The molecule has 12 heteroatoms. The first-order valence-electron chi connectivity index (χ1n) is 11.3. The van der Waals surface area contributed by atoms with Gasteiger partial charge in [0.15, 0.2) is 0 Å². The number of nitro groups is 1. The average molecular weight is 484 g/mol. The molecule has 1 heterocycles. The topological polar surface area (TPSA) is 125 Å². The van der Waals surface area contributed by atoms with Crippen LogP contribution in [0.2, 0.25) is 0 Å². The Balaban J connectivity index is 1.48. The first-order chi connectivity index (χ1) is 15.7. The first-order valence-corrected chi connectivity index (χ1v) is 12.7. The molecule has 0 spiro atoms. The van der Waals surface area contributed by atoms with E-state index in [0.717, 1.165) is 25.7 Å². The molecule has 2 fully saturated rings. The zero-order valence-corrected chi connectivity index (χ0v) is 20.1. The van der Waals surface area contributed by atoms with Crippen molar-refractivity contribution in [1.82, 2.24) is 13.5 Å². The standard InChI is InChI=1S/C21H33N5O6S/c1-23(17-6-4-3-5-7-17)33(30,31)25-14-12-24(13-15-25)11-10-21(27)22-19-16-18(26(28)29)8-9-20(19)32-2/h8-9,16-17H,3-7,10-15H2,1-2H3,(H,22,27). The van der Waals surface area contributed by atoms with Gasteiger partial charge in [-0.1, -0.05) is 19.3 Å². The molecule has 0 radical (unpaired) electrons. The summed E-state index contributed by atoms with van der Waals surface area (Å²) in [6, 6.07) is 4.10. The van der Waals surface area contributed by atoms with Crippen molar-refractivity contribution in [3.05, 3.63) is 28.3 Å². The van der Waals surface area contributed by atoms with Crippen molar-refractivity contribution < 1.29 is 22.9 Å². The van der Waals surface area contributed by atoms with Crippen LogP contribution in [0, 0.1) is 10.1 Å². The highest BCUT2D eigenvalue weighted by Gasteiger charge is 2.34. The minimum Gasteiger partial charge on any atom is -0.495 e. The quantitative estimate of drug-likeness (QED) is 0.421. The molecule has 11 nitrogen and oxygen atoms in total. The number of benzene rings is 1. The zero-order valence-electron chi connectivity index (χ0n) is 19.2. The highest BCUT2D eigenvalue weighted by Crippen LogP contribution is 2.29. The van der Waals surface area contributed by atoms with Crippen molar-refractivity contribution >= 4 is 27.5 Å². The van der Waals surface area contributed by atoms with Gasteiger partial charge in [0.05, 0.1) is 17.7 Å². The number of amides is 1. The van der Waals surface area contributed by atoms with Gasteiger partial charge in [-0.25, -0.2) is 0 Å². The molecule has 1 aromatic carbocycles. The van der Waals surface area contributed by atoms with E-state index in [-0.39, 0.29) is 29.7 Å². The number of methoxy groups -OCH3 is 1. The second kappa shape index (κ2) is 11.2. The number of carbonyl (C=O) groups is 1. The fourth-order valence-electron chi connectivity index (χ4n) is 4.38. The Labute approximate surface area is 195 Å². The molecular weight excluding hydrogens is 450 g/mol. The first kappa shape index (κ1) is 25.3. The average Bonchev–Trinajstić information content (AvgIpc) is 2.83. The molecule has 0 unspecified atom stereocenters. The maximum absolute atomic E-state index is 13.0. The van der Waals surface area contributed by atoms with Crippen molar-refractivity contribution in [3.8, 4) is 5.75 Å². The third-order valence-corrected chi connectivity index (χ3v) is 8.48. The van der Waals surface area contributed by atoms with Gasteiger partial charge in [-0.3, -0.25) is 14.9 Å². The van der Waals surface area contributed by atoms with Crippen molar-refractivity contribution in [2.24, 2.45) is 0 Å². The van der Waals surface area contributed by atoms with Crippen LogP contribution in [-0.2, 0) is 15.0 Å². The van der Waals surface area contributed by atoms with E-state index in [1.54, 1.807) is 11.4 Å². The molecule has 3 rings (SSSR count). The number of carbonyl (C=O) groups excluding carboxylic acids is 1.